The Balaban J connectivity index is 1.68. The highest BCUT2D eigenvalue weighted by molar-refractivity contribution is 7.85. The number of aromatic amines is 1. The number of nitrogens with two attached hydrogens (primary N) is 1. The second-order valence-corrected chi connectivity index (χ2v) is 7.23. The largest absolute Gasteiger partial charge is 0.369 e. The zero-order valence-corrected chi connectivity index (χ0v) is 14.8. The van der Waals surface area contributed by atoms with E-state index in [1.807, 2.05) is 19.1 Å². The number of hydrogen-bond acceptors (Lipinski definition) is 6. The number of hydrogen-bond donors (Lipinski definition) is 2. The van der Waals surface area contributed by atoms with Gasteiger partial charge in [-0.05, 0) is 19.1 Å². The van der Waals surface area contributed by atoms with Gasteiger partial charge in [-0.25, -0.2) is 9.37 Å². The molecule has 0 fully saturated rings. The molecule has 2 heterocycles. The van der Waals surface area contributed by atoms with Crippen molar-refractivity contribution in [2.24, 2.45) is 0 Å². The average molecular weight is 379 g/mol. The number of nitrogens with one attached hydrogen (secondary N) is 1. The van der Waals surface area contributed by atoms with E-state index in [-0.39, 0.29) is 29.6 Å². The lowest BCUT2D eigenvalue weighted by Crippen LogP contribution is -2.24. The molecule has 3 N–H and O–H groups in total. The number of alkyl halides is 1. The van der Waals surface area contributed by atoms with Crippen molar-refractivity contribution in [2.45, 2.75) is 24.7 Å². The molecular weight excluding hydrogens is 361 g/mol. The van der Waals surface area contributed by atoms with Crippen LogP contribution < -0.4 is 11.3 Å². The molecule has 1 aromatic carbocycles. The van der Waals surface area contributed by atoms with Crippen LogP contribution in [0.1, 0.15) is 5.56 Å². The molecule has 0 amide bonds. The van der Waals surface area contributed by atoms with Crippen molar-refractivity contribution < 1.29 is 13.3 Å². The fraction of sp³-hybridized carbons (Fsp3) is 0.312. The summed E-state index contributed by atoms with van der Waals surface area (Å²) in [5, 5.41) is 0. The molecule has 0 spiro atoms. The molecule has 1 unspecified atom stereocenters. The summed E-state index contributed by atoms with van der Waals surface area (Å²) < 4.78 is 32.6. The third-order valence-corrected chi connectivity index (χ3v) is 5.21. The standard InChI is InChI=1S/C16H18FN5O3S/c1-10-2-4-12(5-3-10)26(24)7-11(6-17)25-9-22-8-19-13-14(22)20-16(18)21-15(13)23/h2-5,8,11H,6-7,9H2,1H3,(H3,18,20,21,23)/t11-,26?/m0/s1. The van der Waals surface area contributed by atoms with Crippen molar-refractivity contribution in [1.82, 2.24) is 19.5 Å². The monoisotopic (exact) mass is 379 g/mol. The summed E-state index contributed by atoms with van der Waals surface area (Å²) >= 11 is 0. The van der Waals surface area contributed by atoms with Gasteiger partial charge in [0, 0.05) is 4.90 Å². The number of rotatable bonds is 7. The molecule has 0 saturated heterocycles. The topological polar surface area (TPSA) is 116 Å². The lowest BCUT2D eigenvalue weighted by molar-refractivity contribution is 0.00865. The first-order chi connectivity index (χ1) is 12.5. The molecule has 0 aliphatic carbocycles. The van der Waals surface area contributed by atoms with Crippen LogP contribution in [-0.2, 0) is 22.3 Å². The number of benzene rings is 1. The Hall–Kier alpha value is -2.59. The third kappa shape index (κ3) is 3.97. The van der Waals surface area contributed by atoms with Gasteiger partial charge in [0.1, 0.15) is 13.4 Å². The lowest BCUT2D eigenvalue weighted by atomic mass is 10.2. The number of aromatic nitrogens is 4. The maximum Gasteiger partial charge on any atom is 0.280 e. The summed E-state index contributed by atoms with van der Waals surface area (Å²) in [5.41, 5.74) is 6.47. The van der Waals surface area contributed by atoms with Crippen LogP contribution in [-0.4, -0.2) is 42.3 Å². The Morgan fingerprint density at radius 1 is 1.38 bits per heavy atom. The fourth-order valence-corrected chi connectivity index (χ4v) is 3.50. The molecule has 138 valence electrons. The minimum Gasteiger partial charge on any atom is -0.369 e. The van der Waals surface area contributed by atoms with Gasteiger partial charge in [-0.1, -0.05) is 17.7 Å². The van der Waals surface area contributed by atoms with Crippen LogP contribution in [0.3, 0.4) is 0 Å². The van der Waals surface area contributed by atoms with Gasteiger partial charge >= 0.3 is 0 Å². The van der Waals surface area contributed by atoms with Crippen molar-refractivity contribution >= 4 is 27.9 Å². The van der Waals surface area contributed by atoms with E-state index in [0.29, 0.717) is 4.90 Å². The van der Waals surface area contributed by atoms with Crippen molar-refractivity contribution in [3.05, 3.63) is 46.5 Å². The maximum absolute atomic E-state index is 13.3. The van der Waals surface area contributed by atoms with Crippen LogP contribution in [0, 0.1) is 6.92 Å². The van der Waals surface area contributed by atoms with Crippen molar-refractivity contribution in [1.29, 1.82) is 0 Å². The molecule has 8 nitrogen and oxygen atoms in total. The number of halogens is 1. The summed E-state index contributed by atoms with van der Waals surface area (Å²) in [6.45, 7) is 1.05. The van der Waals surface area contributed by atoms with Crippen LogP contribution in [0.2, 0.25) is 0 Å². The Morgan fingerprint density at radius 3 is 2.81 bits per heavy atom. The molecule has 0 radical (unpaired) electrons. The quantitative estimate of drug-likeness (QED) is 0.636. The summed E-state index contributed by atoms with van der Waals surface area (Å²) in [4.78, 5) is 22.7. The predicted octanol–water partition coefficient (Wildman–Crippen LogP) is 1.13. The van der Waals surface area contributed by atoms with Crippen LogP contribution in [0.4, 0.5) is 10.3 Å². The van der Waals surface area contributed by atoms with E-state index in [4.69, 9.17) is 10.5 Å². The van der Waals surface area contributed by atoms with E-state index >= 15 is 0 Å². The van der Waals surface area contributed by atoms with E-state index in [1.165, 1.54) is 10.9 Å². The molecule has 0 saturated carbocycles. The number of aryl methyl sites for hydroxylation is 1. The molecule has 2 atom stereocenters. The van der Waals surface area contributed by atoms with Gasteiger partial charge in [0.05, 0.1) is 29.0 Å². The van der Waals surface area contributed by atoms with Gasteiger partial charge < -0.3 is 10.5 Å². The smallest absolute Gasteiger partial charge is 0.280 e. The number of anilines is 1. The van der Waals surface area contributed by atoms with Gasteiger partial charge in [-0.15, -0.1) is 0 Å². The van der Waals surface area contributed by atoms with Gasteiger partial charge in [0.25, 0.3) is 5.56 Å². The molecule has 3 aromatic rings. The normalized spacial score (nSPS) is 13.8. The number of nitrogen functional groups attached to an aromatic ring is 1. The van der Waals surface area contributed by atoms with Gasteiger partial charge in [-0.2, -0.15) is 4.98 Å². The van der Waals surface area contributed by atoms with Crippen LogP contribution in [0.15, 0.2) is 40.3 Å². The van der Waals surface area contributed by atoms with E-state index < -0.39 is 29.1 Å². The van der Waals surface area contributed by atoms with E-state index in [1.54, 1.807) is 12.1 Å². The van der Waals surface area contributed by atoms with Gasteiger partial charge in [-0.3, -0.25) is 18.6 Å². The minimum atomic E-state index is -1.38. The predicted molar refractivity (Wildman–Crippen MR) is 95.9 cm³/mol. The molecule has 10 heteroatoms. The minimum absolute atomic E-state index is 0.0162. The molecule has 0 aliphatic heterocycles. The van der Waals surface area contributed by atoms with Crippen molar-refractivity contribution in [3.63, 3.8) is 0 Å². The Labute approximate surface area is 150 Å². The van der Waals surface area contributed by atoms with E-state index in [9.17, 15) is 13.4 Å². The first-order valence-electron chi connectivity index (χ1n) is 7.81. The van der Waals surface area contributed by atoms with E-state index in [2.05, 4.69) is 15.0 Å². The Morgan fingerprint density at radius 2 is 2.12 bits per heavy atom. The summed E-state index contributed by atoms with van der Waals surface area (Å²) in [6, 6.07) is 7.21. The van der Waals surface area contributed by atoms with Crippen molar-refractivity contribution in [3.8, 4) is 0 Å². The van der Waals surface area contributed by atoms with Gasteiger partial charge in [0.15, 0.2) is 11.2 Å². The number of fused-ring (bicyclic) bond motifs is 1. The lowest BCUT2D eigenvalue weighted by Gasteiger charge is -2.15. The SMILES string of the molecule is Cc1ccc(S(=O)C[C@H](CF)OCn2cnc3c(=O)[nH]c(N)nc32)cc1. The Kier molecular flexibility index (Phi) is 5.43. The Bertz CT molecular complexity index is 986. The van der Waals surface area contributed by atoms with Crippen LogP contribution >= 0.6 is 0 Å². The highest BCUT2D eigenvalue weighted by atomic mass is 32.2. The fourth-order valence-electron chi connectivity index (χ4n) is 2.34. The van der Waals surface area contributed by atoms with Gasteiger partial charge in [0.2, 0.25) is 5.95 Å². The molecule has 0 aliphatic rings. The number of imidazole rings is 1. The van der Waals surface area contributed by atoms with Crippen LogP contribution in [0.5, 0.6) is 0 Å². The highest BCUT2D eigenvalue weighted by Gasteiger charge is 2.16. The maximum atomic E-state index is 13.3. The number of H-pyrrole nitrogens is 1. The third-order valence-electron chi connectivity index (χ3n) is 3.74. The molecule has 0 bridgehead atoms. The average Bonchev–Trinajstić information content (AvgIpc) is 3.02. The number of nitrogens with zero attached hydrogens (tertiary/aromatic N) is 3. The second-order valence-electron chi connectivity index (χ2n) is 5.74. The zero-order chi connectivity index (χ0) is 18.7. The summed E-state index contributed by atoms with van der Waals surface area (Å²) in [6.07, 6.45) is 0.493. The van der Waals surface area contributed by atoms with E-state index in [0.717, 1.165) is 5.56 Å². The summed E-state index contributed by atoms with van der Waals surface area (Å²) in [7, 11) is -1.38. The zero-order valence-electron chi connectivity index (χ0n) is 14.0. The highest BCUT2D eigenvalue weighted by Crippen LogP contribution is 2.12. The molecular formula is C16H18FN5O3S. The second kappa shape index (κ2) is 7.75. The van der Waals surface area contributed by atoms with Crippen molar-refractivity contribution in [2.75, 3.05) is 18.2 Å². The summed E-state index contributed by atoms with van der Waals surface area (Å²) in [5.74, 6) is -0.0331. The molecule has 3 rings (SSSR count). The first kappa shape index (κ1) is 18.2. The number of ether oxygens (including phenoxy) is 1. The molecule has 2 aromatic heterocycles. The first-order valence-corrected chi connectivity index (χ1v) is 9.13. The van der Waals surface area contributed by atoms with Crippen LogP contribution in [0.25, 0.3) is 11.2 Å². The molecule has 26 heavy (non-hydrogen) atoms.